The summed E-state index contributed by atoms with van der Waals surface area (Å²) in [6, 6.07) is 6.54. The molecule has 1 spiro atoms. The molecule has 0 bridgehead atoms. The van der Waals surface area contributed by atoms with Crippen LogP contribution >= 0.6 is 0 Å². The molecule has 5 aliphatic rings. The van der Waals surface area contributed by atoms with Crippen LogP contribution in [0.1, 0.15) is 81.4 Å². The van der Waals surface area contributed by atoms with Gasteiger partial charge >= 0.3 is 0 Å². The number of fused-ring (bicyclic) bond motifs is 4. The molecule has 1 aromatic rings. The van der Waals surface area contributed by atoms with Crippen LogP contribution in [0.15, 0.2) is 18.2 Å². The van der Waals surface area contributed by atoms with Crippen LogP contribution in [-0.4, -0.2) is 79.4 Å². The molecule has 0 radical (unpaired) electrons. The molecule has 3 unspecified atom stereocenters. The predicted molar refractivity (Wildman–Crippen MR) is 144 cm³/mol. The normalized spacial score (nSPS) is 29.7. The number of methoxy groups -OCH3 is 1. The molecule has 1 aliphatic carbocycles. The van der Waals surface area contributed by atoms with Crippen LogP contribution in [0.5, 0.6) is 5.75 Å². The van der Waals surface area contributed by atoms with E-state index in [1.165, 1.54) is 16.0 Å². The lowest BCUT2D eigenvalue weighted by Gasteiger charge is -2.51. The lowest BCUT2D eigenvalue weighted by atomic mass is 9.76. The van der Waals surface area contributed by atoms with Crippen LogP contribution in [0.25, 0.3) is 0 Å². The topological polar surface area (TPSA) is 87.2 Å². The highest BCUT2D eigenvalue weighted by Gasteiger charge is 2.47. The van der Waals surface area contributed by atoms with E-state index in [4.69, 9.17) is 4.74 Å². The Hall–Kier alpha value is -1.97. The van der Waals surface area contributed by atoms with E-state index in [-0.39, 0.29) is 41.6 Å². The van der Waals surface area contributed by atoms with Crippen molar-refractivity contribution in [1.29, 1.82) is 0 Å². The Balaban J connectivity index is 1.11. The Bertz CT molecular complexity index is 1170. The van der Waals surface area contributed by atoms with Gasteiger partial charge in [-0.1, -0.05) is 18.9 Å². The first kappa shape index (κ1) is 26.3. The second-order valence-corrected chi connectivity index (χ2v) is 14.4. The highest BCUT2D eigenvalue weighted by Crippen LogP contribution is 2.47. The largest absolute Gasteiger partial charge is 0.497 e. The fraction of sp³-hybridized carbons (Fsp3) is 0.724. The second-order valence-electron chi connectivity index (χ2n) is 12.3. The predicted octanol–water partition coefficient (Wildman–Crippen LogP) is 3.51. The van der Waals surface area contributed by atoms with Crippen molar-refractivity contribution >= 4 is 21.8 Å². The third kappa shape index (κ3) is 4.79. The SMILES string of the molecule is COc1ccc2c(c1)CCN1CC3CCCN(S(=O)(=O)CCCN4C(=O)CC5(CCCC5)CC4=O)C3CC21. The zero-order valence-corrected chi connectivity index (χ0v) is 23.4. The molecular formula is C29H41N3O5S. The Morgan fingerprint density at radius 1 is 1.05 bits per heavy atom. The van der Waals surface area contributed by atoms with Crippen molar-refractivity contribution in [2.75, 3.05) is 39.0 Å². The number of hydrogen-bond donors (Lipinski definition) is 0. The van der Waals surface area contributed by atoms with Gasteiger partial charge in [0.05, 0.1) is 12.9 Å². The molecule has 2 amide bonds. The van der Waals surface area contributed by atoms with Gasteiger partial charge in [0.1, 0.15) is 5.75 Å². The number of carbonyl (C=O) groups is 2. The molecule has 0 N–H and O–H groups in total. The maximum atomic E-state index is 13.6. The monoisotopic (exact) mass is 543 g/mol. The summed E-state index contributed by atoms with van der Waals surface area (Å²) in [5.41, 5.74) is 2.49. The van der Waals surface area contributed by atoms with Gasteiger partial charge < -0.3 is 4.74 Å². The molecular weight excluding hydrogens is 502 g/mol. The molecule has 208 valence electrons. The van der Waals surface area contributed by atoms with Crippen molar-refractivity contribution in [3.8, 4) is 5.75 Å². The van der Waals surface area contributed by atoms with Gasteiger partial charge in [0.15, 0.2) is 0 Å². The number of nitrogens with zero attached hydrogens (tertiary/aromatic N) is 3. The quantitative estimate of drug-likeness (QED) is 0.511. The van der Waals surface area contributed by atoms with E-state index in [1.807, 2.05) is 6.07 Å². The number of amides is 2. The van der Waals surface area contributed by atoms with Crippen molar-refractivity contribution in [1.82, 2.24) is 14.1 Å². The summed E-state index contributed by atoms with van der Waals surface area (Å²) in [5.74, 6) is 0.983. The van der Waals surface area contributed by atoms with Gasteiger partial charge in [0, 0.05) is 51.1 Å². The molecule has 9 heteroatoms. The number of benzene rings is 1. The van der Waals surface area contributed by atoms with E-state index in [0.717, 1.165) is 70.2 Å². The summed E-state index contributed by atoms with van der Waals surface area (Å²) in [7, 11) is -1.80. The Kier molecular flexibility index (Phi) is 7.06. The van der Waals surface area contributed by atoms with Crippen molar-refractivity contribution in [3.05, 3.63) is 29.3 Å². The minimum Gasteiger partial charge on any atom is -0.497 e. The first-order valence-electron chi connectivity index (χ1n) is 14.5. The number of hydrogen-bond acceptors (Lipinski definition) is 6. The Morgan fingerprint density at radius 2 is 1.82 bits per heavy atom. The summed E-state index contributed by atoms with van der Waals surface area (Å²) >= 11 is 0. The maximum Gasteiger partial charge on any atom is 0.229 e. The smallest absolute Gasteiger partial charge is 0.229 e. The van der Waals surface area contributed by atoms with Crippen LogP contribution < -0.4 is 4.74 Å². The van der Waals surface area contributed by atoms with Gasteiger partial charge in [0.25, 0.3) is 0 Å². The van der Waals surface area contributed by atoms with Gasteiger partial charge in [-0.15, -0.1) is 0 Å². The highest BCUT2D eigenvalue weighted by molar-refractivity contribution is 7.89. The fourth-order valence-electron chi connectivity index (χ4n) is 8.15. The molecule has 0 aromatic heterocycles. The summed E-state index contributed by atoms with van der Waals surface area (Å²) in [6.45, 7) is 2.71. The number of ether oxygens (including phenoxy) is 1. The van der Waals surface area contributed by atoms with E-state index in [9.17, 15) is 18.0 Å². The van der Waals surface area contributed by atoms with Crippen LogP contribution in [-0.2, 0) is 26.0 Å². The van der Waals surface area contributed by atoms with Gasteiger partial charge in [-0.05, 0) is 79.5 Å². The van der Waals surface area contributed by atoms with Crippen molar-refractivity contribution < 1.29 is 22.7 Å². The average molecular weight is 544 g/mol. The summed E-state index contributed by atoms with van der Waals surface area (Å²) in [4.78, 5) is 29.5. The molecule has 1 aromatic carbocycles. The van der Waals surface area contributed by atoms with Crippen molar-refractivity contribution in [2.45, 2.75) is 82.7 Å². The lowest BCUT2D eigenvalue weighted by Crippen LogP contribution is -2.57. The Morgan fingerprint density at radius 3 is 2.55 bits per heavy atom. The number of rotatable bonds is 6. The number of piperidine rings is 3. The molecule has 38 heavy (non-hydrogen) atoms. The average Bonchev–Trinajstić information content (AvgIpc) is 3.35. The Labute approximate surface area is 226 Å². The van der Waals surface area contributed by atoms with E-state index in [1.54, 1.807) is 11.4 Å². The fourth-order valence-corrected chi connectivity index (χ4v) is 9.95. The molecule has 1 saturated carbocycles. The molecule has 6 rings (SSSR count). The van der Waals surface area contributed by atoms with Crippen LogP contribution in [0.2, 0.25) is 0 Å². The van der Waals surface area contributed by atoms with Crippen molar-refractivity contribution in [2.24, 2.45) is 11.3 Å². The molecule has 4 heterocycles. The lowest BCUT2D eigenvalue weighted by molar-refractivity contribution is -0.153. The van der Waals surface area contributed by atoms with Gasteiger partial charge in [-0.3, -0.25) is 19.4 Å². The van der Waals surface area contributed by atoms with E-state index < -0.39 is 10.0 Å². The number of likely N-dealkylation sites (tertiary alicyclic amines) is 1. The van der Waals surface area contributed by atoms with Crippen LogP contribution in [0.3, 0.4) is 0 Å². The second kappa shape index (κ2) is 10.2. The highest BCUT2D eigenvalue weighted by atomic mass is 32.2. The van der Waals surface area contributed by atoms with E-state index in [2.05, 4.69) is 17.0 Å². The molecule has 3 atom stereocenters. The molecule has 3 saturated heterocycles. The van der Waals surface area contributed by atoms with Crippen molar-refractivity contribution in [3.63, 3.8) is 0 Å². The summed E-state index contributed by atoms with van der Waals surface area (Å²) in [5, 5.41) is 0. The number of carbonyl (C=O) groups excluding carboxylic acids is 2. The third-order valence-electron chi connectivity index (χ3n) is 10.1. The first-order valence-corrected chi connectivity index (χ1v) is 16.1. The van der Waals surface area contributed by atoms with Gasteiger partial charge in [-0.2, -0.15) is 4.31 Å². The maximum absolute atomic E-state index is 13.6. The van der Waals surface area contributed by atoms with Crippen LogP contribution in [0.4, 0.5) is 0 Å². The van der Waals surface area contributed by atoms with Gasteiger partial charge in [-0.25, -0.2) is 8.42 Å². The number of imide groups is 1. The van der Waals surface area contributed by atoms with Gasteiger partial charge in [0.2, 0.25) is 21.8 Å². The number of sulfonamides is 1. The zero-order valence-electron chi connectivity index (χ0n) is 22.6. The zero-order chi connectivity index (χ0) is 26.5. The minimum atomic E-state index is -3.49. The molecule has 8 nitrogen and oxygen atoms in total. The summed E-state index contributed by atoms with van der Waals surface area (Å²) in [6.07, 6.45) is 9.04. The van der Waals surface area contributed by atoms with E-state index in [0.29, 0.717) is 31.7 Å². The van der Waals surface area contributed by atoms with E-state index >= 15 is 0 Å². The first-order chi connectivity index (χ1) is 18.3. The summed E-state index contributed by atoms with van der Waals surface area (Å²) < 4.78 is 34.5. The molecule has 4 fully saturated rings. The minimum absolute atomic E-state index is 0.00327. The molecule has 4 aliphatic heterocycles. The standard InChI is InChI=1S/C29H41N3O5S/c1-37-23-7-8-24-21(16-23)9-14-30-20-22-6-4-13-32(25(22)17-26(24)30)38(35,36)15-5-12-31-27(33)18-29(19-28(31)34)10-2-3-11-29/h7-8,16,22,25-26H,2-6,9-15,17-20H2,1H3. The third-order valence-corrected chi connectivity index (χ3v) is 12.1. The van der Waals surface area contributed by atoms with Crippen LogP contribution in [0, 0.1) is 11.3 Å².